The van der Waals surface area contributed by atoms with Crippen LogP contribution in [0.5, 0.6) is 11.5 Å². The van der Waals surface area contributed by atoms with E-state index in [4.69, 9.17) is 53.8 Å². The SMILES string of the molecule is CC(CCCCCCCO[PH](=O)OCCO)CC(=O)CCC(=O)N1Cc2ccccc2/C(N(N)CCOCCOCCOCCOCCOCCNC(=O)c2ccc(-c3cc(=O)c4ccc(O)c(O)c4o3)cc2)=C(/N)c2ccccc21.[Sm]. The fraction of sp³-hybridized carbons (Fsp3) is 0.458. The van der Waals surface area contributed by atoms with Gasteiger partial charge in [0.2, 0.25) is 11.7 Å². The minimum Gasteiger partial charge on any atom is -0.504 e. The molecule has 0 saturated heterocycles. The number of unbranched alkanes of at least 4 members (excludes halogenated alkanes) is 4. The Kier molecular flexibility index (Phi) is 30.7. The van der Waals surface area contributed by atoms with Gasteiger partial charge in [0, 0.05) is 94.5 Å². The third-order valence-electron chi connectivity index (χ3n) is 13.3. The van der Waals surface area contributed by atoms with E-state index in [9.17, 15) is 34.0 Å². The Balaban J connectivity index is 0.0000123. The van der Waals surface area contributed by atoms with Crippen molar-refractivity contribution in [3.63, 3.8) is 0 Å². The quantitative estimate of drug-likeness (QED) is 0.00741. The first-order chi connectivity index (χ1) is 39.4. The summed E-state index contributed by atoms with van der Waals surface area (Å²) in [7, 11) is -2.54. The third-order valence-corrected chi connectivity index (χ3v) is 14.2. The number of aliphatic hydroxyl groups excluding tert-OH is 1. The Morgan fingerprint density at radius 2 is 1.35 bits per heavy atom. The number of hydrogen-bond acceptors (Lipinski definition) is 19. The Morgan fingerprint density at radius 1 is 0.744 bits per heavy atom. The molecule has 5 aromatic rings. The number of anilines is 1. The summed E-state index contributed by atoms with van der Waals surface area (Å²) in [5, 5.41) is 33.2. The first-order valence-electron chi connectivity index (χ1n) is 27.5. The van der Waals surface area contributed by atoms with Gasteiger partial charge in [-0.25, -0.2) is 5.84 Å². The smallest absolute Gasteiger partial charge is 0.319 e. The van der Waals surface area contributed by atoms with Gasteiger partial charge >= 0.3 is 8.25 Å². The molecular weight excluding hydrogens is 1220 g/mol. The number of aliphatic hydroxyl groups is 1. The molecule has 0 bridgehead atoms. The Labute approximate surface area is 511 Å². The molecule has 446 valence electrons. The number of benzene rings is 4. The van der Waals surface area contributed by atoms with Crippen LogP contribution in [0.3, 0.4) is 0 Å². The summed E-state index contributed by atoms with van der Waals surface area (Å²) in [6, 6.07) is 25.5. The molecule has 6 rings (SSSR count). The third kappa shape index (κ3) is 21.8. The number of para-hydroxylation sites is 1. The number of hydrazine groups is 1. The first-order valence-corrected chi connectivity index (χ1v) is 28.8. The van der Waals surface area contributed by atoms with Gasteiger partial charge in [-0.3, -0.25) is 23.7 Å². The molecule has 23 heteroatoms. The number of phenols is 2. The van der Waals surface area contributed by atoms with Gasteiger partial charge < -0.3 is 73.4 Å². The van der Waals surface area contributed by atoms with Gasteiger partial charge in [0.05, 0.1) is 121 Å². The van der Waals surface area contributed by atoms with Crippen LogP contribution in [-0.2, 0) is 53.4 Å². The van der Waals surface area contributed by atoms with Crippen molar-refractivity contribution < 1.29 is 112 Å². The second-order valence-corrected chi connectivity index (χ2v) is 20.4. The van der Waals surface area contributed by atoms with E-state index in [1.54, 1.807) is 34.2 Å². The number of phenolic OH excluding ortho intramolecular Hbond substituents is 2. The Bertz CT molecular complexity index is 2910. The fourth-order valence-corrected chi connectivity index (χ4v) is 9.68. The van der Waals surface area contributed by atoms with E-state index < -0.39 is 19.8 Å². The van der Waals surface area contributed by atoms with E-state index in [1.165, 1.54) is 18.2 Å². The number of aromatic hydroxyl groups is 2. The van der Waals surface area contributed by atoms with E-state index >= 15 is 0 Å². The number of nitrogens with zero attached hydrogens (tertiary/aromatic N) is 2. The summed E-state index contributed by atoms with van der Waals surface area (Å²) in [5.41, 5.74) is 11.3. The van der Waals surface area contributed by atoms with E-state index in [2.05, 4.69) is 12.2 Å². The molecule has 82 heavy (non-hydrogen) atoms. The van der Waals surface area contributed by atoms with E-state index in [-0.39, 0.29) is 132 Å². The average molecular weight is 1290 g/mol. The number of ether oxygens (including phenoxy) is 5. The van der Waals surface area contributed by atoms with Crippen LogP contribution in [0.25, 0.3) is 33.7 Å². The van der Waals surface area contributed by atoms with Crippen molar-refractivity contribution in [2.24, 2.45) is 17.5 Å². The van der Waals surface area contributed by atoms with Crippen LogP contribution in [-0.4, -0.2) is 137 Å². The molecule has 0 fully saturated rings. The zero-order valence-electron chi connectivity index (χ0n) is 46.5. The molecule has 2 atom stereocenters. The van der Waals surface area contributed by atoms with Crippen molar-refractivity contribution in [2.75, 3.05) is 104 Å². The van der Waals surface area contributed by atoms with E-state index in [0.29, 0.717) is 113 Å². The van der Waals surface area contributed by atoms with Crippen molar-refractivity contribution >= 4 is 53.9 Å². The number of fused-ring (bicyclic) bond motifs is 3. The normalized spacial score (nSPS) is 13.8. The maximum atomic E-state index is 14.0. The second-order valence-electron chi connectivity index (χ2n) is 19.4. The molecular formula is C59H78N5O16PSm. The van der Waals surface area contributed by atoms with Crippen LogP contribution in [0.4, 0.5) is 5.69 Å². The molecule has 0 saturated carbocycles. The van der Waals surface area contributed by atoms with Gasteiger partial charge in [0.15, 0.2) is 16.8 Å². The molecule has 1 aromatic heterocycles. The number of nitrogens with one attached hydrogen (secondary N) is 1. The van der Waals surface area contributed by atoms with E-state index in [0.717, 1.165) is 49.7 Å². The molecule has 8 N–H and O–H groups in total. The van der Waals surface area contributed by atoms with Crippen LogP contribution in [0, 0.1) is 46.3 Å². The largest absolute Gasteiger partial charge is 0.504 e. The summed E-state index contributed by atoms with van der Waals surface area (Å²) in [5.74, 6) is 5.77. The van der Waals surface area contributed by atoms with Crippen LogP contribution < -0.4 is 27.2 Å². The summed E-state index contributed by atoms with van der Waals surface area (Å²) in [6.45, 7) is 6.57. The minimum absolute atomic E-state index is 0. The van der Waals surface area contributed by atoms with Crippen LogP contribution in [0.1, 0.15) is 91.8 Å². The van der Waals surface area contributed by atoms with Crippen molar-refractivity contribution in [1.82, 2.24) is 10.3 Å². The van der Waals surface area contributed by atoms with Crippen molar-refractivity contribution in [1.29, 1.82) is 0 Å². The maximum absolute atomic E-state index is 14.0. The van der Waals surface area contributed by atoms with Crippen LogP contribution >= 0.6 is 8.25 Å². The van der Waals surface area contributed by atoms with Gasteiger partial charge in [0.1, 0.15) is 11.5 Å². The summed E-state index contributed by atoms with van der Waals surface area (Å²) < 4.78 is 55.5. The molecule has 0 spiro atoms. The Morgan fingerprint density at radius 3 is 2.05 bits per heavy atom. The van der Waals surface area contributed by atoms with Gasteiger partial charge in [-0.2, -0.15) is 0 Å². The molecule has 0 radical (unpaired) electrons. The molecule has 1 aliphatic rings. The number of nitrogens with two attached hydrogens (primary N) is 2. The number of rotatable bonds is 38. The first kappa shape index (κ1) is 67.6. The summed E-state index contributed by atoms with van der Waals surface area (Å²) in [4.78, 5) is 54.0. The predicted octanol–water partition coefficient (Wildman–Crippen LogP) is 7.32. The van der Waals surface area contributed by atoms with Crippen LogP contribution in [0.2, 0.25) is 0 Å². The van der Waals surface area contributed by atoms with Gasteiger partial charge in [-0.05, 0) is 48.2 Å². The van der Waals surface area contributed by atoms with Crippen molar-refractivity contribution in [3.8, 4) is 22.8 Å². The number of hydrogen-bond donors (Lipinski definition) is 6. The van der Waals surface area contributed by atoms with Crippen LogP contribution in [0.15, 0.2) is 100 Å². The molecule has 1 aliphatic heterocycles. The Hall–Kier alpha value is -5.15. The maximum Gasteiger partial charge on any atom is 0.319 e. The summed E-state index contributed by atoms with van der Waals surface area (Å²) >= 11 is 0. The summed E-state index contributed by atoms with van der Waals surface area (Å²) in [6.07, 6.45) is 6.30. The van der Waals surface area contributed by atoms with Gasteiger partial charge in [-0.15, -0.1) is 0 Å². The van der Waals surface area contributed by atoms with Gasteiger partial charge in [0.25, 0.3) is 5.91 Å². The standard InChI is InChI=1S/C59H78N5O16P.Sm/c1-42(11-5-3-2-4-10-27-78-81(72)79-30-26-65)39-46(66)20-23-54(69)63-41-45-12-6-7-13-47(45)56(55(60)48-14-8-9-15-50(48)63)64(61)25-29-74-32-34-76-36-38-77-37-35-75-33-31-73-28-24-62-59(71)44-18-16-43(17-19-44)53-40-52(68)49-21-22-51(67)57(70)58(49)80-53;/h6-9,12-19,21-22,40,42,65,67,70,81H,2-5,10-11,20,23-39,41,60-61H2,1H3,(H,62,71);/b56-55-;. The number of carbonyl (C=O) groups excluding carboxylic acids is 3. The minimum atomic E-state index is -2.54. The number of amides is 2. The van der Waals surface area contributed by atoms with Crippen molar-refractivity contribution in [3.05, 3.63) is 123 Å². The van der Waals surface area contributed by atoms with E-state index in [1.807, 2.05) is 48.5 Å². The number of carbonyl (C=O) groups is 3. The molecule has 2 unspecified atom stereocenters. The zero-order valence-corrected chi connectivity index (χ0v) is 50.1. The molecule has 4 aromatic carbocycles. The van der Waals surface area contributed by atoms with Gasteiger partial charge in [-0.1, -0.05) is 93.6 Å². The number of Topliss-reactive ketones (excluding diaryl/α,β-unsaturated/α-hetero) is 1. The molecule has 2 amide bonds. The average Bonchev–Trinajstić information content (AvgIpc) is 3.67. The molecule has 0 aliphatic carbocycles. The second kappa shape index (κ2) is 37.2. The molecule has 2 heterocycles. The topological polar surface area (TPSA) is 294 Å². The fourth-order valence-electron chi connectivity index (χ4n) is 9.03. The monoisotopic (exact) mass is 1300 g/mol. The van der Waals surface area contributed by atoms with Crippen molar-refractivity contribution in [2.45, 2.75) is 71.3 Å². The molecule has 21 nitrogen and oxygen atoms in total. The number of ketones is 1. The predicted molar refractivity (Wildman–Crippen MR) is 307 cm³/mol. The zero-order chi connectivity index (χ0) is 57.8.